The van der Waals surface area contributed by atoms with Gasteiger partial charge in [-0.1, -0.05) is 41.0 Å². The number of hydrogen-bond acceptors (Lipinski definition) is 0. The molecule has 1 radical (unpaired) electrons. The van der Waals surface area contributed by atoms with Gasteiger partial charge in [-0.25, -0.2) is 0 Å². The molecular formula is C12H25. The zero-order valence-corrected chi connectivity index (χ0v) is 9.54. The maximum Gasteiger partial charge on any atom is -0.0252 e. The van der Waals surface area contributed by atoms with E-state index in [9.17, 15) is 0 Å². The zero-order valence-electron chi connectivity index (χ0n) is 9.54. The summed E-state index contributed by atoms with van der Waals surface area (Å²) in [5, 5.41) is 0. The van der Waals surface area contributed by atoms with Crippen molar-refractivity contribution in [3.63, 3.8) is 0 Å². The highest BCUT2D eigenvalue weighted by Crippen LogP contribution is 2.47. The Kier molecular flexibility index (Phi) is 4.30. The average Bonchev–Trinajstić information content (AvgIpc) is 1.98. The average molecular weight is 169 g/mol. The third-order valence-corrected chi connectivity index (χ3v) is 3.52. The summed E-state index contributed by atoms with van der Waals surface area (Å²) < 4.78 is 0. The summed E-state index contributed by atoms with van der Waals surface area (Å²) >= 11 is 0. The minimum absolute atomic E-state index is 0.215. The van der Waals surface area contributed by atoms with Gasteiger partial charge < -0.3 is 0 Å². The van der Waals surface area contributed by atoms with Gasteiger partial charge in [0.25, 0.3) is 0 Å². The van der Waals surface area contributed by atoms with Crippen LogP contribution in [0.1, 0.15) is 60.3 Å². The lowest BCUT2D eigenvalue weighted by Gasteiger charge is -2.44. The number of hydrogen-bond donors (Lipinski definition) is 0. The Labute approximate surface area is 78.8 Å². The molecule has 0 aliphatic rings. The van der Waals surface area contributed by atoms with Crippen LogP contribution in [-0.4, -0.2) is 0 Å². The fourth-order valence-electron chi connectivity index (χ4n) is 2.38. The van der Waals surface area contributed by atoms with E-state index in [1.54, 1.807) is 0 Å². The molecule has 0 heterocycles. The first-order valence-corrected chi connectivity index (χ1v) is 5.29. The normalized spacial score (nSPS) is 13.5. The van der Waals surface area contributed by atoms with Gasteiger partial charge in [0, 0.05) is 0 Å². The van der Waals surface area contributed by atoms with E-state index in [0.29, 0.717) is 5.41 Å². The SMILES string of the molecule is [CH2]C(C)(C)C(CC)(CC)CCC. The van der Waals surface area contributed by atoms with E-state index in [4.69, 9.17) is 0 Å². The minimum Gasteiger partial charge on any atom is -0.0654 e. The first-order chi connectivity index (χ1) is 5.43. The van der Waals surface area contributed by atoms with Crippen molar-refractivity contribution < 1.29 is 0 Å². The molecule has 0 unspecified atom stereocenters. The molecule has 0 aromatic rings. The van der Waals surface area contributed by atoms with Crippen LogP contribution in [0, 0.1) is 17.8 Å². The topological polar surface area (TPSA) is 0 Å². The fraction of sp³-hybridized carbons (Fsp3) is 0.917. The van der Waals surface area contributed by atoms with Gasteiger partial charge in [0.15, 0.2) is 0 Å². The molecule has 0 bridgehead atoms. The standard InChI is InChI=1S/C12H25/c1-7-10-12(8-2,9-3)11(4,5)6/h4,7-10H2,1-3,5-6H3. The van der Waals surface area contributed by atoms with Crippen LogP contribution < -0.4 is 0 Å². The van der Waals surface area contributed by atoms with E-state index in [1.165, 1.54) is 25.7 Å². The van der Waals surface area contributed by atoms with Crippen molar-refractivity contribution >= 4 is 0 Å². The van der Waals surface area contributed by atoms with Crippen LogP contribution in [0.25, 0.3) is 0 Å². The smallest absolute Gasteiger partial charge is 0.0252 e. The van der Waals surface area contributed by atoms with Crippen LogP contribution in [0.2, 0.25) is 0 Å². The molecule has 0 aromatic carbocycles. The Morgan fingerprint density at radius 2 is 1.42 bits per heavy atom. The molecule has 0 amide bonds. The van der Waals surface area contributed by atoms with Gasteiger partial charge in [-0.15, -0.1) is 0 Å². The second-order valence-electron chi connectivity index (χ2n) is 4.62. The third kappa shape index (κ3) is 2.24. The van der Waals surface area contributed by atoms with Crippen LogP contribution in [0.3, 0.4) is 0 Å². The molecule has 0 saturated carbocycles. The minimum atomic E-state index is 0.215. The maximum absolute atomic E-state index is 4.30. The summed E-state index contributed by atoms with van der Waals surface area (Å²) in [7, 11) is 0. The van der Waals surface area contributed by atoms with Gasteiger partial charge in [0.1, 0.15) is 0 Å². The largest absolute Gasteiger partial charge is 0.0654 e. The van der Waals surface area contributed by atoms with Gasteiger partial charge in [-0.2, -0.15) is 0 Å². The lowest BCUT2D eigenvalue weighted by Crippen LogP contribution is -2.34. The van der Waals surface area contributed by atoms with Crippen molar-refractivity contribution in [1.29, 1.82) is 0 Å². The summed E-state index contributed by atoms with van der Waals surface area (Å²) in [6.45, 7) is 15.7. The highest BCUT2D eigenvalue weighted by Gasteiger charge is 2.37. The summed E-state index contributed by atoms with van der Waals surface area (Å²) in [6.07, 6.45) is 5.11. The zero-order chi connectivity index (χ0) is 9.83. The molecule has 0 rings (SSSR count). The molecule has 0 heteroatoms. The Morgan fingerprint density at radius 1 is 1.00 bits per heavy atom. The van der Waals surface area contributed by atoms with Gasteiger partial charge in [-0.3, -0.25) is 0 Å². The van der Waals surface area contributed by atoms with E-state index in [2.05, 4.69) is 41.5 Å². The molecule has 0 aromatic heterocycles. The molecule has 0 atom stereocenters. The van der Waals surface area contributed by atoms with Crippen molar-refractivity contribution in [3.8, 4) is 0 Å². The van der Waals surface area contributed by atoms with E-state index in [1.807, 2.05) is 0 Å². The van der Waals surface area contributed by atoms with Crippen molar-refractivity contribution in [2.75, 3.05) is 0 Å². The Morgan fingerprint density at radius 3 is 1.50 bits per heavy atom. The van der Waals surface area contributed by atoms with E-state index >= 15 is 0 Å². The molecular weight excluding hydrogens is 144 g/mol. The Bertz CT molecular complexity index is 112. The Balaban J connectivity index is 4.57. The van der Waals surface area contributed by atoms with Gasteiger partial charge in [-0.05, 0) is 37.0 Å². The molecule has 0 aliphatic carbocycles. The predicted octanol–water partition coefficient (Wildman–Crippen LogP) is 4.45. The summed E-state index contributed by atoms with van der Waals surface area (Å²) in [6, 6.07) is 0. The molecule has 73 valence electrons. The van der Waals surface area contributed by atoms with Crippen molar-refractivity contribution in [2.24, 2.45) is 10.8 Å². The van der Waals surface area contributed by atoms with Crippen molar-refractivity contribution in [1.82, 2.24) is 0 Å². The van der Waals surface area contributed by atoms with Crippen LogP contribution in [0.15, 0.2) is 0 Å². The molecule has 0 saturated heterocycles. The van der Waals surface area contributed by atoms with E-state index in [-0.39, 0.29) is 5.41 Å². The molecule has 0 N–H and O–H groups in total. The van der Waals surface area contributed by atoms with Gasteiger partial charge >= 0.3 is 0 Å². The fourth-order valence-corrected chi connectivity index (χ4v) is 2.38. The van der Waals surface area contributed by atoms with Crippen LogP contribution >= 0.6 is 0 Å². The first kappa shape index (κ1) is 12.0. The number of rotatable bonds is 5. The summed E-state index contributed by atoms with van der Waals surface area (Å²) in [5.74, 6) is 0. The molecule has 0 nitrogen and oxygen atoms in total. The lowest BCUT2D eigenvalue weighted by atomic mass is 9.61. The molecule has 12 heavy (non-hydrogen) atoms. The third-order valence-electron chi connectivity index (χ3n) is 3.52. The molecule has 0 spiro atoms. The summed E-state index contributed by atoms with van der Waals surface area (Å²) in [5.41, 5.74) is 0.675. The van der Waals surface area contributed by atoms with Gasteiger partial charge in [0.05, 0.1) is 0 Å². The first-order valence-electron chi connectivity index (χ1n) is 5.29. The molecule has 0 fully saturated rings. The Hall–Kier alpha value is 0. The quantitative estimate of drug-likeness (QED) is 0.570. The van der Waals surface area contributed by atoms with E-state index in [0.717, 1.165) is 0 Å². The molecule has 0 aliphatic heterocycles. The maximum atomic E-state index is 4.30. The van der Waals surface area contributed by atoms with Crippen LogP contribution in [0.5, 0.6) is 0 Å². The highest BCUT2D eigenvalue weighted by molar-refractivity contribution is 4.92. The van der Waals surface area contributed by atoms with Crippen LogP contribution in [-0.2, 0) is 0 Å². The second kappa shape index (κ2) is 4.30. The predicted molar refractivity (Wildman–Crippen MR) is 57.1 cm³/mol. The van der Waals surface area contributed by atoms with Crippen molar-refractivity contribution in [3.05, 3.63) is 6.92 Å². The second-order valence-corrected chi connectivity index (χ2v) is 4.62. The summed E-state index contributed by atoms with van der Waals surface area (Å²) in [4.78, 5) is 0. The van der Waals surface area contributed by atoms with Crippen LogP contribution in [0.4, 0.5) is 0 Å². The highest BCUT2D eigenvalue weighted by atomic mass is 14.4. The van der Waals surface area contributed by atoms with Crippen molar-refractivity contribution in [2.45, 2.75) is 60.3 Å². The monoisotopic (exact) mass is 169 g/mol. The van der Waals surface area contributed by atoms with E-state index < -0.39 is 0 Å². The van der Waals surface area contributed by atoms with Gasteiger partial charge in [0.2, 0.25) is 0 Å². The lowest BCUT2D eigenvalue weighted by molar-refractivity contribution is 0.0860.